The highest BCUT2D eigenvalue weighted by molar-refractivity contribution is 5.24. The van der Waals surface area contributed by atoms with Crippen LogP contribution in [-0.2, 0) is 18.2 Å². The summed E-state index contributed by atoms with van der Waals surface area (Å²) in [5, 5.41) is 4.42. The number of hydrogen-bond acceptors (Lipinski definition) is 3. The molecule has 1 atom stereocenters. The van der Waals surface area contributed by atoms with E-state index in [2.05, 4.69) is 18.9 Å². The highest BCUT2D eigenvalue weighted by atomic mass is 16.5. The van der Waals surface area contributed by atoms with Crippen LogP contribution in [0.25, 0.3) is 0 Å². The zero-order chi connectivity index (χ0) is 12.8. The number of nitrogens with zero attached hydrogens (tertiary/aromatic N) is 2. The first-order valence-electron chi connectivity index (χ1n) is 6.29. The van der Waals surface area contributed by atoms with Crippen LogP contribution in [-0.4, -0.2) is 29.5 Å². The molecule has 1 heterocycles. The van der Waals surface area contributed by atoms with Gasteiger partial charge in [0.15, 0.2) is 0 Å². The van der Waals surface area contributed by atoms with Gasteiger partial charge in [-0.3, -0.25) is 4.68 Å². The molecule has 0 radical (unpaired) electrons. The Labute approximate surface area is 104 Å². The van der Waals surface area contributed by atoms with Gasteiger partial charge in [-0.25, -0.2) is 0 Å². The van der Waals surface area contributed by atoms with E-state index in [1.807, 2.05) is 11.7 Å². The van der Waals surface area contributed by atoms with Crippen molar-refractivity contribution in [1.82, 2.24) is 9.78 Å². The molecule has 1 unspecified atom stereocenters. The minimum Gasteiger partial charge on any atom is -0.385 e. The molecule has 0 aromatic carbocycles. The van der Waals surface area contributed by atoms with Crippen LogP contribution in [0, 0.1) is 13.8 Å². The maximum absolute atomic E-state index is 6.09. The maximum atomic E-state index is 6.09. The fraction of sp³-hybridized carbons (Fsp3) is 0.769. The van der Waals surface area contributed by atoms with E-state index >= 15 is 0 Å². The molecule has 2 N–H and O–H groups in total. The molecule has 0 aliphatic rings. The van der Waals surface area contributed by atoms with Gasteiger partial charge < -0.3 is 10.5 Å². The monoisotopic (exact) mass is 239 g/mol. The van der Waals surface area contributed by atoms with Crippen molar-refractivity contribution >= 4 is 0 Å². The van der Waals surface area contributed by atoms with Gasteiger partial charge in [0.2, 0.25) is 0 Å². The number of hydrogen-bond donors (Lipinski definition) is 1. The Morgan fingerprint density at radius 2 is 2.06 bits per heavy atom. The van der Waals surface area contributed by atoms with Crippen LogP contribution in [0.15, 0.2) is 0 Å². The maximum Gasteiger partial charge on any atom is 0.0628 e. The molecule has 1 rings (SSSR count). The molecule has 1 aromatic heterocycles. The minimum absolute atomic E-state index is 0.268. The third-order valence-corrected chi connectivity index (χ3v) is 3.35. The van der Waals surface area contributed by atoms with Crippen molar-refractivity contribution in [3.05, 3.63) is 17.0 Å². The Kier molecular flexibility index (Phi) is 5.65. The number of ether oxygens (including phenoxy) is 1. The third-order valence-electron chi connectivity index (χ3n) is 3.35. The van der Waals surface area contributed by atoms with Gasteiger partial charge in [-0.1, -0.05) is 0 Å². The zero-order valence-corrected chi connectivity index (χ0v) is 11.5. The lowest BCUT2D eigenvalue weighted by atomic mass is 10.0. The Bertz CT molecular complexity index is 347. The van der Waals surface area contributed by atoms with E-state index in [1.54, 1.807) is 7.11 Å². The number of methoxy groups -OCH3 is 1. The summed E-state index contributed by atoms with van der Waals surface area (Å²) >= 11 is 0. The molecule has 0 saturated heterocycles. The second kappa shape index (κ2) is 6.77. The molecular weight excluding hydrogens is 214 g/mol. The first-order valence-corrected chi connectivity index (χ1v) is 6.29. The van der Waals surface area contributed by atoms with Crippen LogP contribution in [0.1, 0.15) is 36.2 Å². The summed E-state index contributed by atoms with van der Waals surface area (Å²) in [7, 11) is 3.72. The van der Waals surface area contributed by atoms with Crippen LogP contribution in [0.2, 0.25) is 0 Å². The molecule has 98 valence electrons. The molecule has 4 heteroatoms. The average Bonchev–Trinajstić information content (AvgIpc) is 2.51. The molecule has 0 amide bonds. The molecule has 4 nitrogen and oxygen atoms in total. The van der Waals surface area contributed by atoms with E-state index < -0.39 is 0 Å². The van der Waals surface area contributed by atoms with Gasteiger partial charge in [0.25, 0.3) is 0 Å². The molecule has 0 bridgehead atoms. The first kappa shape index (κ1) is 14.2. The fourth-order valence-electron chi connectivity index (χ4n) is 2.14. The summed E-state index contributed by atoms with van der Waals surface area (Å²) in [5.41, 5.74) is 9.83. The van der Waals surface area contributed by atoms with Crippen molar-refractivity contribution in [1.29, 1.82) is 0 Å². The Morgan fingerprint density at radius 3 is 2.59 bits per heavy atom. The van der Waals surface area contributed by atoms with Gasteiger partial charge in [-0.05, 0) is 45.1 Å². The lowest BCUT2D eigenvalue weighted by molar-refractivity contribution is 0.190. The van der Waals surface area contributed by atoms with Crippen molar-refractivity contribution in [2.75, 3.05) is 13.7 Å². The molecule has 0 aliphatic heterocycles. The van der Waals surface area contributed by atoms with Crippen molar-refractivity contribution in [3.63, 3.8) is 0 Å². The third kappa shape index (κ3) is 4.13. The smallest absolute Gasteiger partial charge is 0.0628 e. The predicted octanol–water partition coefficient (Wildman–Crippen LogP) is 1.72. The number of rotatable bonds is 7. The van der Waals surface area contributed by atoms with Crippen LogP contribution < -0.4 is 5.73 Å². The minimum atomic E-state index is 0.268. The molecule has 0 saturated carbocycles. The highest BCUT2D eigenvalue weighted by Crippen LogP contribution is 2.15. The number of aromatic nitrogens is 2. The Hall–Kier alpha value is -0.870. The Morgan fingerprint density at radius 1 is 1.35 bits per heavy atom. The summed E-state index contributed by atoms with van der Waals surface area (Å²) in [6, 6.07) is 0.268. The molecule has 0 aliphatic carbocycles. The Balaban J connectivity index is 2.39. The molecule has 0 fully saturated rings. The van der Waals surface area contributed by atoms with Gasteiger partial charge in [-0.2, -0.15) is 5.10 Å². The second-order valence-electron chi connectivity index (χ2n) is 4.71. The van der Waals surface area contributed by atoms with Crippen molar-refractivity contribution in [2.24, 2.45) is 12.8 Å². The van der Waals surface area contributed by atoms with Crippen LogP contribution in [0.3, 0.4) is 0 Å². The van der Waals surface area contributed by atoms with Crippen LogP contribution >= 0.6 is 0 Å². The van der Waals surface area contributed by atoms with E-state index in [4.69, 9.17) is 10.5 Å². The summed E-state index contributed by atoms with van der Waals surface area (Å²) in [6.07, 6.45) is 4.13. The van der Waals surface area contributed by atoms with Gasteiger partial charge >= 0.3 is 0 Å². The number of aryl methyl sites for hydroxylation is 2. The van der Waals surface area contributed by atoms with E-state index in [-0.39, 0.29) is 6.04 Å². The van der Waals surface area contributed by atoms with Crippen molar-refractivity contribution in [3.8, 4) is 0 Å². The zero-order valence-electron chi connectivity index (χ0n) is 11.5. The summed E-state index contributed by atoms with van der Waals surface area (Å²) in [6.45, 7) is 4.99. The normalized spacial score (nSPS) is 13.0. The average molecular weight is 239 g/mol. The fourth-order valence-corrected chi connectivity index (χ4v) is 2.14. The largest absolute Gasteiger partial charge is 0.385 e. The van der Waals surface area contributed by atoms with Crippen LogP contribution in [0.4, 0.5) is 0 Å². The summed E-state index contributed by atoms with van der Waals surface area (Å²) < 4.78 is 6.97. The van der Waals surface area contributed by atoms with Gasteiger partial charge in [0, 0.05) is 32.5 Å². The molecule has 0 spiro atoms. The van der Waals surface area contributed by atoms with Crippen molar-refractivity contribution < 1.29 is 4.74 Å². The van der Waals surface area contributed by atoms with Gasteiger partial charge in [0.1, 0.15) is 0 Å². The predicted molar refractivity (Wildman–Crippen MR) is 70.1 cm³/mol. The van der Waals surface area contributed by atoms with E-state index in [0.717, 1.165) is 38.0 Å². The lowest BCUT2D eigenvalue weighted by Crippen LogP contribution is -2.21. The van der Waals surface area contributed by atoms with Crippen molar-refractivity contribution in [2.45, 2.75) is 45.6 Å². The SMILES string of the molecule is COCCCC(N)CCc1c(C)nn(C)c1C. The quantitative estimate of drug-likeness (QED) is 0.737. The summed E-state index contributed by atoms with van der Waals surface area (Å²) in [4.78, 5) is 0. The first-order chi connectivity index (χ1) is 8.06. The van der Waals surface area contributed by atoms with E-state index in [1.165, 1.54) is 11.3 Å². The lowest BCUT2D eigenvalue weighted by Gasteiger charge is -2.11. The standard InChI is InChI=1S/C13H25N3O/c1-10-13(11(2)16(3)15-10)8-7-12(14)6-5-9-17-4/h12H,5-9,14H2,1-4H3. The number of nitrogens with two attached hydrogens (primary N) is 1. The van der Waals surface area contributed by atoms with E-state index in [9.17, 15) is 0 Å². The van der Waals surface area contributed by atoms with Gasteiger partial charge in [-0.15, -0.1) is 0 Å². The van der Waals surface area contributed by atoms with Crippen LogP contribution in [0.5, 0.6) is 0 Å². The molecule has 17 heavy (non-hydrogen) atoms. The topological polar surface area (TPSA) is 53.1 Å². The summed E-state index contributed by atoms with van der Waals surface area (Å²) in [5.74, 6) is 0. The van der Waals surface area contributed by atoms with Gasteiger partial charge in [0.05, 0.1) is 5.69 Å². The second-order valence-corrected chi connectivity index (χ2v) is 4.71. The highest BCUT2D eigenvalue weighted by Gasteiger charge is 2.11. The van der Waals surface area contributed by atoms with E-state index in [0.29, 0.717) is 0 Å². The molecular formula is C13H25N3O. The molecule has 1 aromatic rings.